The van der Waals surface area contributed by atoms with E-state index in [1.807, 2.05) is 18.2 Å². The number of carbonyl (C=O) groups excluding carboxylic acids is 1. The van der Waals surface area contributed by atoms with Gasteiger partial charge in [-0.15, -0.1) is 0 Å². The van der Waals surface area contributed by atoms with E-state index in [9.17, 15) is 13.2 Å². The number of benzene rings is 2. The molecule has 4 rings (SSSR count). The zero-order valence-corrected chi connectivity index (χ0v) is 16.6. The highest BCUT2D eigenvalue weighted by Crippen LogP contribution is 2.22. The van der Waals surface area contributed by atoms with Crippen molar-refractivity contribution in [3.05, 3.63) is 89.5 Å². The van der Waals surface area contributed by atoms with Gasteiger partial charge in [0.25, 0.3) is 15.9 Å². The molecule has 4 aromatic rings. The molecule has 2 aromatic heterocycles. The first kappa shape index (κ1) is 19.1. The number of rotatable bonds is 5. The summed E-state index contributed by atoms with van der Waals surface area (Å²) < 4.78 is 29.2. The summed E-state index contributed by atoms with van der Waals surface area (Å²) in [5.74, 6) is -0.763. The molecule has 0 saturated carbocycles. The largest absolute Gasteiger partial charge is 0.268 e. The molecular formula is C20H15ClN4O3S. The van der Waals surface area contributed by atoms with Crippen molar-refractivity contribution in [1.82, 2.24) is 19.5 Å². The van der Waals surface area contributed by atoms with E-state index >= 15 is 0 Å². The fourth-order valence-electron chi connectivity index (χ4n) is 2.93. The predicted octanol–water partition coefficient (Wildman–Crippen LogP) is 3.25. The lowest BCUT2D eigenvalue weighted by Crippen LogP contribution is -2.30. The Morgan fingerprint density at radius 1 is 1.07 bits per heavy atom. The Kier molecular flexibility index (Phi) is 5.04. The minimum absolute atomic E-state index is 0.00853. The number of aromatic nitrogens is 3. The summed E-state index contributed by atoms with van der Waals surface area (Å²) in [4.78, 5) is 16.5. The van der Waals surface area contributed by atoms with Crippen LogP contribution in [-0.4, -0.2) is 29.1 Å². The third-order valence-electron chi connectivity index (χ3n) is 4.34. The fourth-order valence-corrected chi connectivity index (χ4v) is 4.33. The predicted molar refractivity (Wildman–Crippen MR) is 109 cm³/mol. The lowest BCUT2D eigenvalue weighted by atomic mass is 10.2. The van der Waals surface area contributed by atoms with Crippen LogP contribution in [0.4, 0.5) is 0 Å². The van der Waals surface area contributed by atoms with E-state index in [0.29, 0.717) is 22.3 Å². The van der Waals surface area contributed by atoms with E-state index in [1.165, 1.54) is 29.3 Å². The van der Waals surface area contributed by atoms with Crippen molar-refractivity contribution in [1.29, 1.82) is 0 Å². The Balaban J connectivity index is 1.56. The molecule has 7 nitrogen and oxygen atoms in total. The summed E-state index contributed by atoms with van der Waals surface area (Å²) in [6, 6.07) is 13.7. The van der Waals surface area contributed by atoms with Crippen molar-refractivity contribution in [2.75, 3.05) is 0 Å². The van der Waals surface area contributed by atoms with Crippen LogP contribution < -0.4 is 4.72 Å². The first-order valence-electron chi connectivity index (χ1n) is 8.60. The van der Waals surface area contributed by atoms with Crippen molar-refractivity contribution >= 4 is 38.3 Å². The molecule has 0 atom stereocenters. The van der Waals surface area contributed by atoms with Crippen molar-refractivity contribution in [2.45, 2.75) is 11.4 Å². The van der Waals surface area contributed by atoms with Crippen LogP contribution in [0.3, 0.4) is 0 Å². The second-order valence-electron chi connectivity index (χ2n) is 6.31. The van der Waals surface area contributed by atoms with Gasteiger partial charge in [0.1, 0.15) is 0 Å². The topological polar surface area (TPSA) is 93.9 Å². The molecule has 0 aliphatic heterocycles. The molecular weight excluding hydrogens is 412 g/mol. The fraction of sp³-hybridized carbons (Fsp3) is 0.0500. The molecule has 0 fully saturated rings. The molecule has 1 N–H and O–H groups in total. The van der Waals surface area contributed by atoms with Crippen LogP contribution in [0.1, 0.15) is 15.9 Å². The maximum absolute atomic E-state index is 12.8. The van der Waals surface area contributed by atoms with E-state index in [1.54, 1.807) is 30.5 Å². The van der Waals surface area contributed by atoms with E-state index in [0.717, 1.165) is 5.56 Å². The SMILES string of the molecule is O=C(NS(=O)(=O)c1cccc2cnccc12)c1cnn(Cc2ccccc2Cl)c1. The second kappa shape index (κ2) is 7.65. The molecule has 146 valence electrons. The maximum atomic E-state index is 12.8. The third-order valence-corrected chi connectivity index (χ3v) is 6.10. The van der Waals surface area contributed by atoms with Crippen LogP contribution in [-0.2, 0) is 16.6 Å². The Morgan fingerprint density at radius 3 is 2.72 bits per heavy atom. The quantitative estimate of drug-likeness (QED) is 0.528. The van der Waals surface area contributed by atoms with Crippen LogP contribution in [0, 0.1) is 0 Å². The molecule has 0 radical (unpaired) electrons. The summed E-state index contributed by atoms with van der Waals surface area (Å²) in [6.07, 6.45) is 5.85. The number of nitrogens with zero attached hydrogens (tertiary/aromatic N) is 3. The van der Waals surface area contributed by atoms with Gasteiger partial charge in [0, 0.05) is 34.4 Å². The van der Waals surface area contributed by atoms with Crippen molar-refractivity contribution < 1.29 is 13.2 Å². The zero-order valence-electron chi connectivity index (χ0n) is 15.0. The maximum Gasteiger partial charge on any atom is 0.268 e. The summed E-state index contributed by atoms with van der Waals surface area (Å²) >= 11 is 6.14. The van der Waals surface area contributed by atoms with Gasteiger partial charge in [-0.2, -0.15) is 5.10 Å². The summed E-state index contributed by atoms with van der Waals surface area (Å²) in [6.45, 7) is 0.357. The first-order valence-corrected chi connectivity index (χ1v) is 10.5. The van der Waals surface area contributed by atoms with Crippen LogP contribution in [0.5, 0.6) is 0 Å². The first-order chi connectivity index (χ1) is 13.9. The molecule has 2 heterocycles. The van der Waals surface area contributed by atoms with E-state index < -0.39 is 15.9 Å². The Morgan fingerprint density at radius 2 is 1.90 bits per heavy atom. The number of hydrogen-bond acceptors (Lipinski definition) is 5. The van der Waals surface area contributed by atoms with Gasteiger partial charge in [-0.3, -0.25) is 14.5 Å². The molecule has 2 aromatic carbocycles. The molecule has 0 spiro atoms. The van der Waals surface area contributed by atoms with Crippen LogP contribution in [0.2, 0.25) is 5.02 Å². The number of amides is 1. The van der Waals surface area contributed by atoms with Crippen molar-refractivity contribution in [3.8, 4) is 0 Å². The van der Waals surface area contributed by atoms with Crippen LogP contribution >= 0.6 is 11.6 Å². The molecule has 0 aliphatic rings. The van der Waals surface area contributed by atoms with Gasteiger partial charge in [-0.1, -0.05) is 41.9 Å². The molecule has 0 saturated heterocycles. The standard InChI is InChI=1S/C20H15ClN4O3S/c21-18-6-2-1-4-15(18)12-25-13-16(11-23-25)20(26)24-29(27,28)19-7-3-5-14-10-22-9-8-17(14)19/h1-11,13H,12H2,(H,24,26). The highest BCUT2D eigenvalue weighted by molar-refractivity contribution is 7.90. The number of fused-ring (bicyclic) bond motifs is 1. The van der Waals surface area contributed by atoms with Crippen molar-refractivity contribution in [2.24, 2.45) is 0 Å². The van der Waals surface area contributed by atoms with Gasteiger partial charge >= 0.3 is 0 Å². The third kappa shape index (κ3) is 3.98. The highest BCUT2D eigenvalue weighted by atomic mass is 35.5. The molecule has 0 aliphatic carbocycles. The molecule has 0 bridgehead atoms. The molecule has 9 heteroatoms. The number of halogens is 1. The second-order valence-corrected chi connectivity index (χ2v) is 8.36. The number of sulfonamides is 1. The van der Waals surface area contributed by atoms with Gasteiger partial charge < -0.3 is 0 Å². The highest BCUT2D eigenvalue weighted by Gasteiger charge is 2.22. The average molecular weight is 427 g/mol. The lowest BCUT2D eigenvalue weighted by Gasteiger charge is -2.08. The Bertz CT molecular complexity index is 1310. The van der Waals surface area contributed by atoms with Gasteiger partial charge in [0.05, 0.1) is 23.2 Å². The van der Waals surface area contributed by atoms with Crippen LogP contribution in [0.25, 0.3) is 10.8 Å². The minimum Gasteiger partial charge on any atom is -0.268 e. The average Bonchev–Trinajstić information content (AvgIpc) is 3.18. The number of pyridine rings is 1. The summed E-state index contributed by atoms with van der Waals surface area (Å²) in [5.41, 5.74) is 0.962. The normalized spacial score (nSPS) is 11.5. The smallest absolute Gasteiger partial charge is 0.268 e. The molecule has 1 amide bonds. The van der Waals surface area contributed by atoms with Gasteiger partial charge in [0.15, 0.2) is 0 Å². The van der Waals surface area contributed by atoms with Crippen LogP contribution in [0.15, 0.2) is 78.2 Å². The zero-order chi connectivity index (χ0) is 20.4. The van der Waals surface area contributed by atoms with E-state index in [4.69, 9.17) is 11.6 Å². The number of carbonyl (C=O) groups is 1. The van der Waals surface area contributed by atoms with E-state index in [2.05, 4.69) is 14.8 Å². The minimum atomic E-state index is -4.08. The van der Waals surface area contributed by atoms with Gasteiger partial charge in [0.2, 0.25) is 0 Å². The Labute approximate surface area is 172 Å². The number of nitrogens with one attached hydrogen (secondary N) is 1. The Hall–Kier alpha value is -3.23. The summed E-state index contributed by atoms with van der Waals surface area (Å²) in [7, 11) is -4.08. The van der Waals surface area contributed by atoms with E-state index in [-0.39, 0.29) is 10.5 Å². The summed E-state index contributed by atoms with van der Waals surface area (Å²) in [5, 5.41) is 5.85. The molecule has 0 unspecified atom stereocenters. The lowest BCUT2D eigenvalue weighted by molar-refractivity contribution is 0.0981. The number of hydrogen-bond donors (Lipinski definition) is 1. The molecule has 29 heavy (non-hydrogen) atoms. The van der Waals surface area contributed by atoms with Gasteiger partial charge in [-0.05, 0) is 23.8 Å². The van der Waals surface area contributed by atoms with Gasteiger partial charge in [-0.25, -0.2) is 13.1 Å². The monoisotopic (exact) mass is 426 g/mol. The van der Waals surface area contributed by atoms with Crippen molar-refractivity contribution in [3.63, 3.8) is 0 Å².